The molecule has 146 valence electrons. The largest absolute Gasteiger partial charge is 0.496 e. The third kappa shape index (κ3) is 5.61. The molecule has 0 amide bonds. The first-order valence-corrected chi connectivity index (χ1v) is 9.78. The maximum Gasteiger partial charge on any atom is 0.131 e. The number of ether oxygens (including phenoxy) is 2. The lowest BCUT2D eigenvalue weighted by Gasteiger charge is -2.16. The van der Waals surface area contributed by atoms with Gasteiger partial charge in [0.25, 0.3) is 0 Å². The van der Waals surface area contributed by atoms with Crippen molar-refractivity contribution in [1.29, 1.82) is 0 Å². The van der Waals surface area contributed by atoms with Crippen LogP contribution >= 0.6 is 0 Å². The van der Waals surface area contributed by atoms with E-state index in [0.29, 0.717) is 17.1 Å². The van der Waals surface area contributed by atoms with Crippen LogP contribution in [-0.4, -0.2) is 25.9 Å². The van der Waals surface area contributed by atoms with E-state index in [1.54, 1.807) is 14.2 Å². The first-order valence-electron chi connectivity index (χ1n) is 9.78. The minimum absolute atomic E-state index is 0.0986. The van der Waals surface area contributed by atoms with Gasteiger partial charge in [-0.1, -0.05) is 63.5 Å². The number of unbranched alkanes of at least 4 members (excludes halogenated alkanes) is 4. The monoisotopic (exact) mass is 368 g/mol. The van der Waals surface area contributed by atoms with Gasteiger partial charge in [0.15, 0.2) is 0 Å². The van der Waals surface area contributed by atoms with E-state index in [1.807, 2.05) is 12.1 Å². The average molecular weight is 369 g/mol. The van der Waals surface area contributed by atoms with Crippen LogP contribution in [-0.2, 0) is 6.42 Å². The number of aliphatic hydroxyl groups is 1. The molecule has 0 aliphatic carbocycles. The number of hydrogen-bond acceptors (Lipinski definition) is 3. The highest BCUT2D eigenvalue weighted by Crippen LogP contribution is 2.40. The summed E-state index contributed by atoms with van der Waals surface area (Å²) in [4.78, 5) is 0. The van der Waals surface area contributed by atoms with Crippen molar-refractivity contribution in [3.63, 3.8) is 0 Å². The average Bonchev–Trinajstić information content (AvgIpc) is 2.72. The highest BCUT2D eigenvalue weighted by molar-refractivity contribution is 5.81. The van der Waals surface area contributed by atoms with Crippen LogP contribution in [0.4, 0.5) is 0 Å². The third-order valence-corrected chi connectivity index (χ3v) is 4.92. The topological polar surface area (TPSA) is 38.7 Å². The molecular formula is C24H32O3. The Bertz CT molecular complexity index is 707. The molecule has 0 heterocycles. The molecule has 0 saturated heterocycles. The van der Waals surface area contributed by atoms with Crippen molar-refractivity contribution in [1.82, 2.24) is 0 Å². The summed E-state index contributed by atoms with van der Waals surface area (Å²) in [5.74, 6) is 1.43. The van der Waals surface area contributed by atoms with Gasteiger partial charge >= 0.3 is 0 Å². The van der Waals surface area contributed by atoms with Gasteiger partial charge in [0.05, 0.1) is 26.4 Å². The summed E-state index contributed by atoms with van der Waals surface area (Å²) in [5, 5.41) is 9.37. The highest BCUT2D eigenvalue weighted by atomic mass is 16.5. The van der Waals surface area contributed by atoms with Crippen LogP contribution in [0.25, 0.3) is 16.7 Å². The zero-order valence-electron chi connectivity index (χ0n) is 16.9. The van der Waals surface area contributed by atoms with E-state index in [1.165, 1.54) is 37.7 Å². The molecule has 0 radical (unpaired) electrons. The smallest absolute Gasteiger partial charge is 0.131 e. The van der Waals surface area contributed by atoms with E-state index in [0.717, 1.165) is 23.1 Å². The molecule has 2 rings (SSSR count). The van der Waals surface area contributed by atoms with Crippen molar-refractivity contribution in [3.05, 3.63) is 54.1 Å². The summed E-state index contributed by atoms with van der Waals surface area (Å²) in [7, 11) is 3.29. The summed E-state index contributed by atoms with van der Waals surface area (Å²) in [6.07, 6.45) is 7.60. The van der Waals surface area contributed by atoms with Gasteiger partial charge in [-0.05, 0) is 47.2 Å². The standard InChI is InChI=1S/C24H32O3/c1-5-6-7-8-9-10-19-11-13-20(14-12-19)24-22(26-3)15-21(18(2)17-25)16-23(24)27-4/h11-16,25H,2,5-10,17H2,1,3-4H3. The summed E-state index contributed by atoms with van der Waals surface area (Å²) >= 11 is 0. The highest BCUT2D eigenvalue weighted by Gasteiger charge is 2.15. The molecule has 1 N–H and O–H groups in total. The number of methoxy groups -OCH3 is 2. The molecule has 0 bridgehead atoms. The maximum atomic E-state index is 9.37. The Morgan fingerprint density at radius 2 is 1.52 bits per heavy atom. The molecule has 27 heavy (non-hydrogen) atoms. The SMILES string of the molecule is C=C(CO)c1cc(OC)c(-c2ccc(CCCCCCC)cc2)c(OC)c1. The summed E-state index contributed by atoms with van der Waals surface area (Å²) in [5.41, 5.74) is 4.79. The molecule has 0 aliphatic heterocycles. The van der Waals surface area contributed by atoms with Crippen molar-refractivity contribution < 1.29 is 14.6 Å². The van der Waals surface area contributed by atoms with E-state index >= 15 is 0 Å². The predicted molar refractivity (Wildman–Crippen MR) is 114 cm³/mol. The molecular weight excluding hydrogens is 336 g/mol. The van der Waals surface area contributed by atoms with Crippen molar-refractivity contribution in [2.45, 2.75) is 45.4 Å². The van der Waals surface area contributed by atoms with Gasteiger partial charge in [-0.2, -0.15) is 0 Å². The Morgan fingerprint density at radius 1 is 0.926 bits per heavy atom. The van der Waals surface area contributed by atoms with Crippen LogP contribution < -0.4 is 9.47 Å². The Balaban J connectivity index is 2.22. The minimum atomic E-state index is -0.0986. The number of aliphatic hydroxyl groups excluding tert-OH is 1. The van der Waals surface area contributed by atoms with E-state index in [9.17, 15) is 5.11 Å². The van der Waals surface area contributed by atoms with E-state index in [-0.39, 0.29) is 6.61 Å². The van der Waals surface area contributed by atoms with Crippen molar-refractivity contribution in [2.24, 2.45) is 0 Å². The van der Waals surface area contributed by atoms with Gasteiger partial charge in [0.2, 0.25) is 0 Å². The zero-order chi connectivity index (χ0) is 19.6. The first kappa shape index (κ1) is 21.0. The molecule has 0 saturated carbocycles. The second kappa shape index (κ2) is 10.8. The number of hydrogen-bond donors (Lipinski definition) is 1. The molecule has 0 atom stereocenters. The summed E-state index contributed by atoms with van der Waals surface area (Å²) < 4.78 is 11.2. The molecule has 3 heteroatoms. The molecule has 0 aromatic heterocycles. The Labute approximate surface area is 163 Å². The quantitative estimate of drug-likeness (QED) is 0.503. The lowest BCUT2D eigenvalue weighted by molar-refractivity contribution is 0.350. The Morgan fingerprint density at radius 3 is 2.04 bits per heavy atom. The van der Waals surface area contributed by atoms with E-state index < -0.39 is 0 Å². The van der Waals surface area contributed by atoms with Gasteiger partial charge in [0.1, 0.15) is 11.5 Å². The normalized spacial score (nSPS) is 10.7. The molecule has 3 nitrogen and oxygen atoms in total. The van der Waals surface area contributed by atoms with Crippen LogP contribution in [0.2, 0.25) is 0 Å². The van der Waals surface area contributed by atoms with Crippen molar-refractivity contribution in [2.75, 3.05) is 20.8 Å². The minimum Gasteiger partial charge on any atom is -0.496 e. The summed E-state index contributed by atoms with van der Waals surface area (Å²) in [6, 6.07) is 12.4. The fraction of sp³-hybridized carbons (Fsp3) is 0.417. The van der Waals surface area contributed by atoms with Crippen LogP contribution in [0.15, 0.2) is 43.0 Å². The fourth-order valence-electron chi connectivity index (χ4n) is 3.26. The van der Waals surface area contributed by atoms with E-state index in [4.69, 9.17) is 9.47 Å². The Kier molecular flexibility index (Phi) is 8.41. The maximum absolute atomic E-state index is 9.37. The van der Waals surface area contributed by atoms with Gasteiger partial charge in [-0.15, -0.1) is 0 Å². The lowest BCUT2D eigenvalue weighted by atomic mass is 9.97. The number of benzene rings is 2. The van der Waals surface area contributed by atoms with Crippen LogP contribution in [0.5, 0.6) is 11.5 Å². The van der Waals surface area contributed by atoms with Gasteiger partial charge in [-0.3, -0.25) is 0 Å². The predicted octanol–water partition coefficient (Wildman–Crippen LogP) is 5.89. The zero-order valence-corrected chi connectivity index (χ0v) is 16.9. The van der Waals surface area contributed by atoms with Gasteiger partial charge in [-0.25, -0.2) is 0 Å². The van der Waals surface area contributed by atoms with Gasteiger partial charge in [0, 0.05) is 0 Å². The van der Waals surface area contributed by atoms with Gasteiger partial charge < -0.3 is 14.6 Å². The van der Waals surface area contributed by atoms with Crippen molar-refractivity contribution in [3.8, 4) is 22.6 Å². The van der Waals surface area contributed by atoms with E-state index in [2.05, 4.69) is 37.8 Å². The lowest BCUT2D eigenvalue weighted by Crippen LogP contribution is -1.97. The second-order valence-electron chi connectivity index (χ2n) is 6.88. The fourth-order valence-corrected chi connectivity index (χ4v) is 3.26. The first-order chi connectivity index (χ1) is 13.1. The molecule has 0 fully saturated rings. The van der Waals surface area contributed by atoms with Crippen LogP contribution in [0, 0.1) is 0 Å². The molecule has 2 aromatic carbocycles. The Hall–Kier alpha value is -2.26. The summed E-state index contributed by atoms with van der Waals surface area (Å²) in [6.45, 7) is 6.04. The third-order valence-electron chi connectivity index (χ3n) is 4.92. The second-order valence-corrected chi connectivity index (χ2v) is 6.88. The molecule has 0 aliphatic rings. The molecule has 2 aromatic rings. The number of aryl methyl sites for hydroxylation is 1. The number of rotatable bonds is 11. The van der Waals surface area contributed by atoms with Crippen LogP contribution in [0.3, 0.4) is 0 Å². The molecule has 0 spiro atoms. The van der Waals surface area contributed by atoms with Crippen molar-refractivity contribution >= 4 is 5.57 Å². The van der Waals surface area contributed by atoms with Crippen LogP contribution in [0.1, 0.15) is 50.2 Å². The molecule has 0 unspecified atom stereocenters.